The van der Waals surface area contributed by atoms with Gasteiger partial charge in [0.15, 0.2) is 0 Å². The van der Waals surface area contributed by atoms with Gasteiger partial charge in [0.25, 0.3) is 0 Å². The summed E-state index contributed by atoms with van der Waals surface area (Å²) >= 11 is 0. The standard InChI is InChI=1S/C15H15N5O/c1-9(2)20-6-5-10-7-18-14(19-15(10)20)13(21)12-4-3-11(16)8-17-12/h3-9H,16H2,1-2H3. The first-order valence-corrected chi connectivity index (χ1v) is 6.66. The van der Waals surface area contributed by atoms with Gasteiger partial charge in [-0.3, -0.25) is 9.78 Å². The van der Waals surface area contributed by atoms with E-state index in [-0.39, 0.29) is 23.3 Å². The van der Waals surface area contributed by atoms with Crippen molar-refractivity contribution < 1.29 is 4.79 Å². The highest BCUT2D eigenvalue weighted by atomic mass is 16.1. The number of fused-ring (bicyclic) bond motifs is 1. The Labute approximate surface area is 121 Å². The van der Waals surface area contributed by atoms with Crippen molar-refractivity contribution in [1.82, 2.24) is 19.5 Å². The third-order valence-corrected chi connectivity index (χ3v) is 3.23. The molecule has 0 unspecified atom stereocenters. The second-order valence-electron chi connectivity index (χ2n) is 5.10. The molecular weight excluding hydrogens is 266 g/mol. The SMILES string of the molecule is CC(C)n1ccc2cnc(C(=O)c3ccc(N)cn3)nc21. The highest BCUT2D eigenvalue weighted by Crippen LogP contribution is 2.18. The van der Waals surface area contributed by atoms with Gasteiger partial charge in [0.1, 0.15) is 11.3 Å². The predicted octanol–water partition coefficient (Wildman–Crippen LogP) is 2.22. The lowest BCUT2D eigenvalue weighted by Crippen LogP contribution is -2.10. The Morgan fingerprint density at radius 2 is 2.00 bits per heavy atom. The van der Waals surface area contributed by atoms with Crippen molar-refractivity contribution in [3.63, 3.8) is 0 Å². The summed E-state index contributed by atoms with van der Waals surface area (Å²) in [7, 11) is 0. The molecule has 0 aliphatic rings. The number of aromatic nitrogens is 4. The van der Waals surface area contributed by atoms with E-state index in [0.717, 1.165) is 11.0 Å². The van der Waals surface area contributed by atoms with Gasteiger partial charge in [-0.2, -0.15) is 0 Å². The molecule has 0 fully saturated rings. The van der Waals surface area contributed by atoms with Crippen molar-refractivity contribution in [2.45, 2.75) is 19.9 Å². The van der Waals surface area contributed by atoms with Crippen molar-refractivity contribution in [2.24, 2.45) is 0 Å². The quantitative estimate of drug-likeness (QED) is 0.744. The molecule has 0 aromatic carbocycles. The molecular formula is C15H15N5O. The van der Waals surface area contributed by atoms with E-state index >= 15 is 0 Å². The van der Waals surface area contributed by atoms with Crippen LogP contribution in [-0.4, -0.2) is 25.3 Å². The minimum Gasteiger partial charge on any atom is -0.397 e. The molecule has 0 spiro atoms. The van der Waals surface area contributed by atoms with E-state index < -0.39 is 0 Å². The maximum atomic E-state index is 12.4. The average molecular weight is 281 g/mol. The maximum Gasteiger partial charge on any atom is 0.248 e. The van der Waals surface area contributed by atoms with E-state index in [0.29, 0.717) is 5.69 Å². The van der Waals surface area contributed by atoms with E-state index in [1.165, 1.54) is 6.20 Å². The normalized spacial score (nSPS) is 11.2. The second kappa shape index (κ2) is 4.97. The first kappa shape index (κ1) is 13.2. The topological polar surface area (TPSA) is 86.7 Å². The van der Waals surface area contributed by atoms with Crippen LogP contribution < -0.4 is 5.73 Å². The number of carbonyl (C=O) groups excluding carboxylic acids is 1. The fourth-order valence-electron chi connectivity index (χ4n) is 2.12. The number of carbonyl (C=O) groups is 1. The lowest BCUT2D eigenvalue weighted by Gasteiger charge is -2.08. The van der Waals surface area contributed by atoms with Crippen LogP contribution in [-0.2, 0) is 0 Å². The van der Waals surface area contributed by atoms with Crippen LogP contribution in [0, 0.1) is 0 Å². The molecule has 3 heterocycles. The van der Waals surface area contributed by atoms with Gasteiger partial charge < -0.3 is 10.3 Å². The molecule has 3 rings (SSSR count). The predicted molar refractivity (Wildman–Crippen MR) is 80.0 cm³/mol. The molecule has 0 saturated heterocycles. The molecule has 0 aliphatic heterocycles. The molecule has 2 N–H and O–H groups in total. The zero-order valence-corrected chi connectivity index (χ0v) is 11.8. The second-order valence-corrected chi connectivity index (χ2v) is 5.10. The fraction of sp³-hybridized carbons (Fsp3) is 0.200. The van der Waals surface area contributed by atoms with Crippen LogP contribution in [0.25, 0.3) is 11.0 Å². The summed E-state index contributed by atoms with van der Waals surface area (Å²) < 4.78 is 2.00. The van der Waals surface area contributed by atoms with Crippen LogP contribution in [0.1, 0.15) is 36.2 Å². The number of nitrogens with zero attached hydrogens (tertiary/aromatic N) is 4. The Kier molecular flexibility index (Phi) is 3.13. The van der Waals surface area contributed by atoms with Crippen molar-refractivity contribution in [2.75, 3.05) is 5.73 Å². The zero-order chi connectivity index (χ0) is 15.0. The maximum absolute atomic E-state index is 12.4. The summed E-state index contributed by atoms with van der Waals surface area (Å²) in [6.45, 7) is 4.12. The zero-order valence-electron chi connectivity index (χ0n) is 11.8. The van der Waals surface area contributed by atoms with E-state index in [1.807, 2.05) is 16.8 Å². The Balaban J connectivity index is 2.05. The molecule has 0 radical (unpaired) electrons. The van der Waals surface area contributed by atoms with Crippen LogP contribution in [0.2, 0.25) is 0 Å². The number of pyridine rings is 1. The lowest BCUT2D eigenvalue weighted by molar-refractivity contribution is 0.102. The molecule has 106 valence electrons. The van der Waals surface area contributed by atoms with E-state index in [4.69, 9.17) is 5.73 Å². The van der Waals surface area contributed by atoms with Crippen LogP contribution in [0.3, 0.4) is 0 Å². The van der Waals surface area contributed by atoms with Crippen molar-refractivity contribution in [1.29, 1.82) is 0 Å². The summed E-state index contributed by atoms with van der Waals surface area (Å²) in [6, 6.07) is 5.41. The lowest BCUT2D eigenvalue weighted by atomic mass is 10.2. The third-order valence-electron chi connectivity index (χ3n) is 3.23. The Bertz CT molecular complexity index is 805. The molecule has 6 heteroatoms. The number of hydrogen-bond acceptors (Lipinski definition) is 5. The fourth-order valence-corrected chi connectivity index (χ4v) is 2.12. The monoisotopic (exact) mass is 281 g/mol. The van der Waals surface area contributed by atoms with Gasteiger partial charge >= 0.3 is 0 Å². The summed E-state index contributed by atoms with van der Waals surface area (Å²) in [5, 5.41) is 0.908. The van der Waals surface area contributed by atoms with E-state index in [2.05, 4.69) is 28.8 Å². The smallest absolute Gasteiger partial charge is 0.248 e. The molecule has 0 aliphatic carbocycles. The molecule has 21 heavy (non-hydrogen) atoms. The molecule has 0 atom stereocenters. The Morgan fingerprint density at radius 3 is 2.67 bits per heavy atom. The van der Waals surface area contributed by atoms with Crippen molar-refractivity contribution in [3.8, 4) is 0 Å². The van der Waals surface area contributed by atoms with Gasteiger partial charge in [-0.15, -0.1) is 0 Å². The number of nitrogens with two attached hydrogens (primary N) is 1. The molecule has 3 aromatic heterocycles. The third kappa shape index (κ3) is 2.35. The highest BCUT2D eigenvalue weighted by molar-refractivity contribution is 6.05. The molecule has 0 bridgehead atoms. The number of anilines is 1. The number of nitrogen functional groups attached to an aromatic ring is 1. The van der Waals surface area contributed by atoms with Crippen LogP contribution in [0.5, 0.6) is 0 Å². The average Bonchev–Trinajstić information content (AvgIpc) is 2.90. The van der Waals surface area contributed by atoms with Gasteiger partial charge in [-0.1, -0.05) is 0 Å². The molecule has 0 amide bonds. The van der Waals surface area contributed by atoms with Crippen LogP contribution in [0.4, 0.5) is 5.69 Å². The number of rotatable bonds is 3. The van der Waals surface area contributed by atoms with Crippen molar-refractivity contribution in [3.05, 3.63) is 48.3 Å². The van der Waals surface area contributed by atoms with Gasteiger partial charge in [0.2, 0.25) is 11.6 Å². The van der Waals surface area contributed by atoms with Gasteiger partial charge in [0, 0.05) is 23.8 Å². The first-order valence-electron chi connectivity index (χ1n) is 6.66. The molecule has 6 nitrogen and oxygen atoms in total. The molecule has 3 aromatic rings. The van der Waals surface area contributed by atoms with Crippen LogP contribution >= 0.6 is 0 Å². The summed E-state index contributed by atoms with van der Waals surface area (Å²) in [6.07, 6.45) is 5.05. The van der Waals surface area contributed by atoms with Crippen molar-refractivity contribution >= 4 is 22.5 Å². The number of ketones is 1. The summed E-state index contributed by atoms with van der Waals surface area (Å²) in [5.74, 6) is -0.172. The minimum absolute atomic E-state index is 0.139. The highest BCUT2D eigenvalue weighted by Gasteiger charge is 2.16. The van der Waals surface area contributed by atoms with Crippen LogP contribution in [0.15, 0.2) is 36.8 Å². The first-order chi connectivity index (χ1) is 10.1. The van der Waals surface area contributed by atoms with Gasteiger partial charge in [-0.05, 0) is 32.0 Å². The Hall–Kier alpha value is -2.76. The minimum atomic E-state index is -0.312. The van der Waals surface area contributed by atoms with E-state index in [9.17, 15) is 4.79 Å². The molecule has 0 saturated carbocycles. The summed E-state index contributed by atoms with van der Waals surface area (Å²) in [5.41, 5.74) is 7.11. The number of hydrogen-bond donors (Lipinski definition) is 1. The Morgan fingerprint density at radius 1 is 1.19 bits per heavy atom. The van der Waals surface area contributed by atoms with Gasteiger partial charge in [0.05, 0.1) is 11.9 Å². The van der Waals surface area contributed by atoms with Gasteiger partial charge in [-0.25, -0.2) is 9.97 Å². The summed E-state index contributed by atoms with van der Waals surface area (Å²) in [4.78, 5) is 24.9. The largest absolute Gasteiger partial charge is 0.397 e. The van der Waals surface area contributed by atoms with E-state index in [1.54, 1.807) is 18.3 Å².